The first-order valence-corrected chi connectivity index (χ1v) is 17.6. The van der Waals surface area contributed by atoms with Crippen LogP contribution >= 0.6 is 11.3 Å². The predicted molar refractivity (Wildman–Crippen MR) is 209 cm³/mol. The molecule has 0 fully saturated rings. The maximum Gasteiger partial charge on any atom is 0.161 e. The molecular formula is C46H28N2OS. The van der Waals surface area contributed by atoms with Gasteiger partial charge < -0.3 is 4.42 Å². The van der Waals surface area contributed by atoms with Gasteiger partial charge in [-0.3, -0.25) is 0 Å². The van der Waals surface area contributed by atoms with E-state index in [2.05, 4.69) is 152 Å². The Morgan fingerprint density at radius 3 is 1.90 bits per heavy atom. The van der Waals surface area contributed by atoms with Crippen LogP contribution in [-0.2, 0) is 0 Å². The summed E-state index contributed by atoms with van der Waals surface area (Å²) in [5, 5.41) is 4.79. The van der Waals surface area contributed by atoms with E-state index in [1.807, 2.05) is 29.5 Å². The maximum atomic E-state index is 6.19. The molecule has 0 saturated carbocycles. The third-order valence-corrected chi connectivity index (χ3v) is 10.8. The summed E-state index contributed by atoms with van der Waals surface area (Å²) < 4.78 is 8.70. The van der Waals surface area contributed by atoms with Crippen LogP contribution in [0.2, 0.25) is 0 Å². The van der Waals surface area contributed by atoms with Crippen molar-refractivity contribution >= 4 is 53.4 Å². The smallest absolute Gasteiger partial charge is 0.161 e. The highest BCUT2D eigenvalue weighted by molar-refractivity contribution is 7.26. The Morgan fingerprint density at radius 1 is 0.380 bits per heavy atom. The van der Waals surface area contributed by atoms with Crippen molar-refractivity contribution in [2.45, 2.75) is 0 Å². The van der Waals surface area contributed by atoms with Gasteiger partial charge in [0.2, 0.25) is 0 Å². The van der Waals surface area contributed by atoms with Gasteiger partial charge in [0.25, 0.3) is 0 Å². The lowest BCUT2D eigenvalue weighted by Crippen LogP contribution is -1.97. The third kappa shape index (κ3) is 4.80. The number of thiophene rings is 1. The molecule has 0 aliphatic carbocycles. The van der Waals surface area contributed by atoms with E-state index < -0.39 is 0 Å². The summed E-state index contributed by atoms with van der Waals surface area (Å²) in [5.74, 6) is 0.703. The van der Waals surface area contributed by atoms with E-state index in [-0.39, 0.29) is 0 Å². The molecule has 3 heterocycles. The molecule has 7 aromatic carbocycles. The molecule has 0 unspecified atom stereocenters. The fourth-order valence-electron chi connectivity index (χ4n) is 7.09. The van der Waals surface area contributed by atoms with Gasteiger partial charge >= 0.3 is 0 Å². The first-order valence-electron chi connectivity index (χ1n) is 16.7. The van der Waals surface area contributed by atoms with Crippen LogP contribution in [0.1, 0.15) is 0 Å². The number of hydrogen-bond donors (Lipinski definition) is 0. The zero-order chi connectivity index (χ0) is 33.0. The Hall–Kier alpha value is -6.36. The van der Waals surface area contributed by atoms with Crippen LogP contribution in [0.15, 0.2) is 174 Å². The van der Waals surface area contributed by atoms with Crippen molar-refractivity contribution < 1.29 is 4.42 Å². The zero-order valence-electron chi connectivity index (χ0n) is 26.9. The molecule has 0 saturated heterocycles. The summed E-state index contributed by atoms with van der Waals surface area (Å²) in [7, 11) is 0. The summed E-state index contributed by atoms with van der Waals surface area (Å²) in [5.41, 5.74) is 11.2. The number of nitrogens with zero attached hydrogens (tertiary/aromatic N) is 2. The van der Waals surface area contributed by atoms with Crippen molar-refractivity contribution in [3.05, 3.63) is 170 Å². The van der Waals surface area contributed by atoms with E-state index in [4.69, 9.17) is 14.4 Å². The third-order valence-electron chi connectivity index (χ3n) is 9.55. The number of furan rings is 1. The van der Waals surface area contributed by atoms with Gasteiger partial charge in [0, 0.05) is 47.6 Å². The Labute approximate surface area is 292 Å². The molecule has 0 aliphatic rings. The molecule has 234 valence electrons. The van der Waals surface area contributed by atoms with E-state index in [1.54, 1.807) is 0 Å². The normalized spacial score (nSPS) is 11.6. The van der Waals surface area contributed by atoms with Crippen molar-refractivity contribution in [1.82, 2.24) is 9.97 Å². The Balaban J connectivity index is 1.13. The molecule has 0 amide bonds. The minimum absolute atomic E-state index is 0.703. The lowest BCUT2D eigenvalue weighted by Gasteiger charge is -2.13. The summed E-state index contributed by atoms with van der Waals surface area (Å²) in [4.78, 5) is 10.6. The number of para-hydroxylation sites is 1. The van der Waals surface area contributed by atoms with Crippen LogP contribution in [0.5, 0.6) is 0 Å². The molecule has 0 N–H and O–H groups in total. The Morgan fingerprint density at radius 2 is 1.02 bits per heavy atom. The molecule has 0 spiro atoms. The number of rotatable bonds is 5. The van der Waals surface area contributed by atoms with Crippen molar-refractivity contribution in [1.29, 1.82) is 0 Å². The van der Waals surface area contributed by atoms with Crippen LogP contribution in [-0.4, -0.2) is 9.97 Å². The summed E-state index contributed by atoms with van der Waals surface area (Å²) in [6.07, 6.45) is 0. The first kappa shape index (κ1) is 28.6. The quantitative estimate of drug-likeness (QED) is 0.185. The number of benzene rings is 7. The van der Waals surface area contributed by atoms with Gasteiger partial charge in [0.05, 0.1) is 11.4 Å². The SMILES string of the molecule is c1ccc(-c2ccccc2-c2nc(-c3ccc(-c4ccc5c(c4)oc4ccccc45)cc3)cc(-c3cccc4c3sc3ccccc34)n2)cc1. The standard InChI is InChI=1S/C46H28N2OS/c1-2-11-30(12-3-1)33-13-4-5-16-38(33)46-47-40(28-41(48-46)39-18-10-17-37-36-15-7-9-20-44(36)50-45(37)39)31-23-21-29(22-24-31)32-25-26-35-34-14-6-8-19-42(34)49-43(35)27-32/h1-28H. The van der Waals surface area contributed by atoms with E-state index in [0.29, 0.717) is 5.82 Å². The van der Waals surface area contributed by atoms with Crippen LogP contribution in [0.25, 0.3) is 98.3 Å². The Bertz CT molecular complexity index is 2870. The van der Waals surface area contributed by atoms with Gasteiger partial charge in [0.15, 0.2) is 5.82 Å². The highest BCUT2D eigenvalue weighted by Gasteiger charge is 2.17. The van der Waals surface area contributed by atoms with Crippen LogP contribution in [0.4, 0.5) is 0 Å². The zero-order valence-corrected chi connectivity index (χ0v) is 27.7. The minimum atomic E-state index is 0.703. The maximum absolute atomic E-state index is 6.19. The van der Waals surface area contributed by atoms with Crippen molar-refractivity contribution in [3.63, 3.8) is 0 Å². The fraction of sp³-hybridized carbons (Fsp3) is 0. The molecule has 0 bridgehead atoms. The van der Waals surface area contributed by atoms with Crippen molar-refractivity contribution in [3.8, 4) is 56.2 Å². The number of aromatic nitrogens is 2. The molecule has 10 rings (SSSR count). The highest BCUT2D eigenvalue weighted by atomic mass is 32.1. The summed E-state index contributed by atoms with van der Waals surface area (Å²) >= 11 is 1.82. The van der Waals surface area contributed by atoms with Gasteiger partial charge in [-0.2, -0.15) is 0 Å². The van der Waals surface area contributed by atoms with Gasteiger partial charge in [-0.05, 0) is 52.6 Å². The van der Waals surface area contributed by atoms with Crippen molar-refractivity contribution in [2.24, 2.45) is 0 Å². The molecule has 0 aliphatic heterocycles. The lowest BCUT2D eigenvalue weighted by molar-refractivity contribution is 0.669. The van der Waals surface area contributed by atoms with E-state index in [1.165, 1.54) is 20.2 Å². The van der Waals surface area contributed by atoms with E-state index in [9.17, 15) is 0 Å². The van der Waals surface area contributed by atoms with Gasteiger partial charge in [-0.15, -0.1) is 11.3 Å². The topological polar surface area (TPSA) is 38.9 Å². The van der Waals surface area contributed by atoms with Gasteiger partial charge in [-0.25, -0.2) is 9.97 Å². The molecular weight excluding hydrogens is 629 g/mol. The predicted octanol–water partition coefficient (Wildman–Crippen LogP) is 13.1. The molecule has 3 nitrogen and oxygen atoms in total. The van der Waals surface area contributed by atoms with Crippen LogP contribution in [0.3, 0.4) is 0 Å². The van der Waals surface area contributed by atoms with Crippen molar-refractivity contribution in [2.75, 3.05) is 0 Å². The van der Waals surface area contributed by atoms with Gasteiger partial charge in [-0.1, -0.05) is 140 Å². The molecule has 3 aromatic heterocycles. The molecule has 0 radical (unpaired) electrons. The lowest BCUT2D eigenvalue weighted by atomic mass is 9.98. The first-order chi connectivity index (χ1) is 24.8. The van der Waals surface area contributed by atoms with E-state index >= 15 is 0 Å². The Kier molecular flexibility index (Phi) is 6.68. The molecule has 4 heteroatoms. The molecule has 0 atom stereocenters. The average molecular weight is 657 g/mol. The molecule has 10 aromatic rings. The van der Waals surface area contributed by atoms with Crippen LogP contribution < -0.4 is 0 Å². The van der Waals surface area contributed by atoms with Crippen LogP contribution in [0, 0.1) is 0 Å². The van der Waals surface area contributed by atoms with Gasteiger partial charge in [0.1, 0.15) is 11.2 Å². The summed E-state index contributed by atoms with van der Waals surface area (Å²) in [6.45, 7) is 0. The second-order valence-electron chi connectivity index (χ2n) is 12.5. The second kappa shape index (κ2) is 11.7. The summed E-state index contributed by atoms with van der Waals surface area (Å²) in [6, 6.07) is 59.6. The molecule has 50 heavy (non-hydrogen) atoms. The average Bonchev–Trinajstić information content (AvgIpc) is 3.76. The largest absolute Gasteiger partial charge is 0.456 e. The fourth-order valence-corrected chi connectivity index (χ4v) is 8.31. The highest BCUT2D eigenvalue weighted by Crippen LogP contribution is 2.41. The minimum Gasteiger partial charge on any atom is -0.456 e. The monoisotopic (exact) mass is 656 g/mol. The second-order valence-corrected chi connectivity index (χ2v) is 13.6. The number of fused-ring (bicyclic) bond motifs is 6. The number of hydrogen-bond acceptors (Lipinski definition) is 4. The van der Waals surface area contributed by atoms with E-state index in [0.717, 1.165) is 72.3 Å².